The van der Waals surface area contributed by atoms with Crippen molar-refractivity contribution in [2.24, 2.45) is 5.73 Å². The number of methoxy groups -OCH3 is 1. The van der Waals surface area contributed by atoms with E-state index in [1.807, 2.05) is 0 Å². The van der Waals surface area contributed by atoms with Gasteiger partial charge in [0.2, 0.25) is 0 Å². The number of nitrogens with two attached hydrogens (primary N) is 1. The summed E-state index contributed by atoms with van der Waals surface area (Å²) in [7, 11) is 1.75. The van der Waals surface area contributed by atoms with Gasteiger partial charge in [-0.2, -0.15) is 0 Å². The summed E-state index contributed by atoms with van der Waals surface area (Å²) >= 11 is 0. The summed E-state index contributed by atoms with van der Waals surface area (Å²) in [4.78, 5) is 2.46. The van der Waals surface area contributed by atoms with E-state index in [-0.39, 0.29) is 5.54 Å². The van der Waals surface area contributed by atoms with Crippen molar-refractivity contribution in [2.45, 2.75) is 51.4 Å². The van der Waals surface area contributed by atoms with E-state index < -0.39 is 0 Å². The predicted octanol–water partition coefficient (Wildman–Crippen LogP) is 1.24. The maximum Gasteiger partial charge on any atom is 0.0589 e. The van der Waals surface area contributed by atoms with Gasteiger partial charge in [0.15, 0.2) is 0 Å². The third-order valence-corrected chi connectivity index (χ3v) is 3.80. The van der Waals surface area contributed by atoms with Crippen molar-refractivity contribution in [2.75, 3.05) is 33.4 Å². The lowest BCUT2D eigenvalue weighted by Crippen LogP contribution is -2.60. The fraction of sp³-hybridized carbons (Fsp3) is 1.00. The average molecular weight is 244 g/mol. The second-order valence-electron chi connectivity index (χ2n) is 5.17. The first-order valence-electron chi connectivity index (χ1n) is 6.67. The molecule has 1 fully saturated rings. The van der Waals surface area contributed by atoms with E-state index in [0.29, 0.717) is 18.8 Å². The van der Waals surface area contributed by atoms with Crippen molar-refractivity contribution in [1.29, 1.82) is 0 Å². The standard InChI is InChI=1S/C13H28N2O2/c1-5-15(6-7-16-4)13(10-14)8-11(2)17-12(3)9-13/h11-12H,5-10,14H2,1-4H3. The number of likely N-dealkylation sites (N-methyl/N-ethyl adjacent to an activating group) is 1. The highest BCUT2D eigenvalue weighted by atomic mass is 16.5. The van der Waals surface area contributed by atoms with E-state index in [4.69, 9.17) is 15.2 Å². The highest BCUT2D eigenvalue weighted by Gasteiger charge is 2.41. The Labute approximate surface area is 105 Å². The van der Waals surface area contributed by atoms with E-state index in [1.54, 1.807) is 7.11 Å². The van der Waals surface area contributed by atoms with Crippen molar-refractivity contribution < 1.29 is 9.47 Å². The van der Waals surface area contributed by atoms with E-state index in [2.05, 4.69) is 25.7 Å². The first-order chi connectivity index (χ1) is 8.07. The zero-order chi connectivity index (χ0) is 12.9. The van der Waals surface area contributed by atoms with E-state index in [1.165, 1.54) is 0 Å². The number of hydrogen-bond donors (Lipinski definition) is 1. The van der Waals surface area contributed by atoms with Gasteiger partial charge in [-0.15, -0.1) is 0 Å². The van der Waals surface area contributed by atoms with E-state index in [0.717, 1.165) is 32.5 Å². The highest BCUT2D eigenvalue weighted by molar-refractivity contribution is 4.97. The Bertz CT molecular complexity index is 213. The maximum absolute atomic E-state index is 6.07. The molecule has 2 unspecified atom stereocenters. The topological polar surface area (TPSA) is 47.7 Å². The number of nitrogens with zero attached hydrogens (tertiary/aromatic N) is 1. The van der Waals surface area contributed by atoms with Crippen LogP contribution in [0.3, 0.4) is 0 Å². The zero-order valence-electron chi connectivity index (χ0n) is 11.7. The molecule has 0 aromatic rings. The van der Waals surface area contributed by atoms with Gasteiger partial charge in [0, 0.05) is 25.7 Å². The minimum absolute atomic E-state index is 0.0877. The summed E-state index contributed by atoms with van der Waals surface area (Å²) in [5.41, 5.74) is 6.16. The summed E-state index contributed by atoms with van der Waals surface area (Å²) < 4.78 is 11.0. The van der Waals surface area contributed by atoms with Crippen molar-refractivity contribution in [1.82, 2.24) is 4.90 Å². The Balaban J connectivity index is 2.76. The molecular formula is C13H28N2O2. The van der Waals surface area contributed by atoms with Crippen LogP contribution in [0.1, 0.15) is 33.6 Å². The van der Waals surface area contributed by atoms with Crippen LogP contribution in [0, 0.1) is 0 Å². The summed E-state index contributed by atoms with van der Waals surface area (Å²) in [5.74, 6) is 0. The second kappa shape index (κ2) is 6.69. The molecule has 1 rings (SSSR count). The number of ether oxygens (including phenoxy) is 2. The summed E-state index contributed by atoms with van der Waals surface area (Å²) in [5, 5.41) is 0. The van der Waals surface area contributed by atoms with Gasteiger partial charge in [0.25, 0.3) is 0 Å². The lowest BCUT2D eigenvalue weighted by molar-refractivity contribution is -0.105. The zero-order valence-corrected chi connectivity index (χ0v) is 11.7. The average Bonchev–Trinajstić information content (AvgIpc) is 2.28. The largest absolute Gasteiger partial charge is 0.383 e. The number of rotatable bonds is 6. The SMILES string of the molecule is CCN(CCOC)C1(CN)CC(C)OC(C)C1. The first kappa shape index (κ1) is 14.9. The molecule has 1 heterocycles. The summed E-state index contributed by atoms with van der Waals surface area (Å²) in [6.07, 6.45) is 2.62. The molecule has 17 heavy (non-hydrogen) atoms. The smallest absolute Gasteiger partial charge is 0.0589 e. The molecule has 2 N–H and O–H groups in total. The molecule has 0 aromatic heterocycles. The van der Waals surface area contributed by atoms with Gasteiger partial charge >= 0.3 is 0 Å². The molecule has 0 radical (unpaired) electrons. The van der Waals surface area contributed by atoms with E-state index >= 15 is 0 Å². The monoisotopic (exact) mass is 244 g/mol. The van der Waals surface area contributed by atoms with Crippen LogP contribution in [-0.4, -0.2) is 56.0 Å². The molecule has 4 nitrogen and oxygen atoms in total. The fourth-order valence-electron chi connectivity index (χ4n) is 3.13. The van der Waals surface area contributed by atoms with Crippen molar-refractivity contribution in [3.8, 4) is 0 Å². The Hall–Kier alpha value is -0.160. The molecule has 4 heteroatoms. The predicted molar refractivity (Wildman–Crippen MR) is 70.2 cm³/mol. The third kappa shape index (κ3) is 3.65. The van der Waals surface area contributed by atoms with Gasteiger partial charge < -0.3 is 15.2 Å². The quantitative estimate of drug-likeness (QED) is 0.763. The fourth-order valence-corrected chi connectivity index (χ4v) is 3.13. The van der Waals surface area contributed by atoms with Crippen molar-refractivity contribution in [3.05, 3.63) is 0 Å². The van der Waals surface area contributed by atoms with Crippen LogP contribution in [-0.2, 0) is 9.47 Å². The Kier molecular flexibility index (Phi) is 5.86. The van der Waals surface area contributed by atoms with Crippen LogP contribution in [0.25, 0.3) is 0 Å². The Morgan fingerprint density at radius 1 is 1.35 bits per heavy atom. The highest BCUT2D eigenvalue weighted by Crippen LogP contribution is 2.33. The molecule has 0 bridgehead atoms. The lowest BCUT2D eigenvalue weighted by atomic mass is 9.82. The van der Waals surface area contributed by atoms with Crippen LogP contribution in [0.4, 0.5) is 0 Å². The molecule has 1 saturated heterocycles. The minimum atomic E-state index is 0.0877. The van der Waals surface area contributed by atoms with Gasteiger partial charge in [-0.25, -0.2) is 0 Å². The van der Waals surface area contributed by atoms with Gasteiger partial charge in [0.05, 0.1) is 18.8 Å². The first-order valence-corrected chi connectivity index (χ1v) is 6.67. The second-order valence-corrected chi connectivity index (χ2v) is 5.17. The molecule has 0 aromatic carbocycles. The minimum Gasteiger partial charge on any atom is -0.383 e. The summed E-state index contributed by atoms with van der Waals surface area (Å²) in [6.45, 7) is 9.90. The van der Waals surface area contributed by atoms with Crippen LogP contribution in [0.2, 0.25) is 0 Å². The van der Waals surface area contributed by atoms with Crippen LogP contribution < -0.4 is 5.73 Å². The van der Waals surface area contributed by atoms with Crippen LogP contribution >= 0.6 is 0 Å². The van der Waals surface area contributed by atoms with E-state index in [9.17, 15) is 0 Å². The number of hydrogen-bond acceptors (Lipinski definition) is 4. The molecule has 0 saturated carbocycles. The maximum atomic E-state index is 6.07. The Morgan fingerprint density at radius 3 is 2.35 bits per heavy atom. The van der Waals surface area contributed by atoms with Crippen molar-refractivity contribution >= 4 is 0 Å². The lowest BCUT2D eigenvalue weighted by Gasteiger charge is -2.49. The molecular weight excluding hydrogens is 216 g/mol. The van der Waals surface area contributed by atoms with Gasteiger partial charge in [0.1, 0.15) is 0 Å². The summed E-state index contributed by atoms with van der Waals surface area (Å²) in [6, 6.07) is 0. The third-order valence-electron chi connectivity index (χ3n) is 3.80. The molecule has 0 aliphatic carbocycles. The van der Waals surface area contributed by atoms with Crippen LogP contribution in [0.5, 0.6) is 0 Å². The molecule has 102 valence electrons. The van der Waals surface area contributed by atoms with Crippen LogP contribution in [0.15, 0.2) is 0 Å². The van der Waals surface area contributed by atoms with Gasteiger partial charge in [-0.3, -0.25) is 4.90 Å². The van der Waals surface area contributed by atoms with Gasteiger partial charge in [-0.1, -0.05) is 6.92 Å². The molecule has 1 aliphatic heterocycles. The molecule has 0 spiro atoms. The normalized spacial score (nSPS) is 34.2. The Morgan fingerprint density at radius 2 is 1.94 bits per heavy atom. The van der Waals surface area contributed by atoms with Gasteiger partial charge in [-0.05, 0) is 33.2 Å². The molecule has 0 amide bonds. The van der Waals surface area contributed by atoms with Crippen molar-refractivity contribution in [3.63, 3.8) is 0 Å². The molecule has 1 aliphatic rings. The molecule has 2 atom stereocenters.